The van der Waals surface area contributed by atoms with Crippen molar-refractivity contribution in [1.82, 2.24) is 19.9 Å². The van der Waals surface area contributed by atoms with Crippen molar-refractivity contribution in [2.24, 2.45) is 0 Å². The number of fused-ring (bicyclic) bond motifs is 1. The van der Waals surface area contributed by atoms with Crippen LogP contribution in [0.2, 0.25) is 0 Å². The van der Waals surface area contributed by atoms with Crippen molar-refractivity contribution >= 4 is 28.2 Å². The molecule has 8 heteroatoms. The molecule has 0 fully saturated rings. The Balaban J connectivity index is 1.69. The highest BCUT2D eigenvalue weighted by Gasteiger charge is 2.15. The molecule has 0 atom stereocenters. The molecule has 32 heavy (non-hydrogen) atoms. The van der Waals surface area contributed by atoms with Gasteiger partial charge in [0.1, 0.15) is 11.6 Å². The first-order valence-corrected chi connectivity index (χ1v) is 10.2. The number of methoxy groups -OCH3 is 1. The van der Waals surface area contributed by atoms with Crippen LogP contribution in [0.5, 0.6) is 17.2 Å². The SMILES string of the molecule is CCC(=O)c1ncc(Oc2cc(N(C)c3nc(C)nc4ccccc34)ccc2OC)cn1. The molecule has 162 valence electrons. The number of aryl methyl sites for hydroxylation is 1. The first-order chi connectivity index (χ1) is 15.5. The molecule has 0 aliphatic heterocycles. The molecule has 0 saturated heterocycles. The van der Waals surface area contributed by atoms with Crippen LogP contribution in [-0.4, -0.2) is 39.9 Å². The van der Waals surface area contributed by atoms with E-state index >= 15 is 0 Å². The van der Waals surface area contributed by atoms with Gasteiger partial charge in [-0.25, -0.2) is 19.9 Å². The van der Waals surface area contributed by atoms with Crippen LogP contribution in [0.15, 0.2) is 54.9 Å². The Bertz CT molecular complexity index is 1270. The van der Waals surface area contributed by atoms with E-state index in [0.29, 0.717) is 29.5 Å². The second-order valence-electron chi connectivity index (χ2n) is 7.13. The van der Waals surface area contributed by atoms with Crippen LogP contribution >= 0.6 is 0 Å². The van der Waals surface area contributed by atoms with Crippen LogP contribution in [-0.2, 0) is 0 Å². The lowest BCUT2D eigenvalue weighted by molar-refractivity contribution is 0.0978. The number of aromatic nitrogens is 4. The number of para-hydroxylation sites is 1. The minimum atomic E-state index is -0.120. The standard InChI is InChI=1S/C24H23N5O3/c1-5-20(30)23-25-13-17(14-26-23)32-22-12-16(10-11-21(22)31-4)29(3)24-18-8-6-7-9-19(18)27-15(2)28-24/h6-14H,5H2,1-4H3. The summed E-state index contributed by atoms with van der Waals surface area (Å²) in [6.45, 7) is 3.64. The van der Waals surface area contributed by atoms with Crippen LogP contribution in [0.4, 0.5) is 11.5 Å². The Labute approximate surface area is 185 Å². The van der Waals surface area contributed by atoms with Gasteiger partial charge in [0, 0.05) is 30.6 Å². The molecule has 2 aromatic carbocycles. The minimum absolute atomic E-state index is 0.120. The van der Waals surface area contributed by atoms with E-state index in [9.17, 15) is 4.79 Å². The number of hydrogen-bond donors (Lipinski definition) is 0. The number of nitrogens with zero attached hydrogens (tertiary/aromatic N) is 5. The lowest BCUT2D eigenvalue weighted by atomic mass is 10.2. The number of hydrogen-bond acceptors (Lipinski definition) is 8. The van der Waals surface area contributed by atoms with Crippen molar-refractivity contribution in [3.8, 4) is 17.2 Å². The molecule has 4 rings (SSSR count). The second-order valence-corrected chi connectivity index (χ2v) is 7.13. The zero-order chi connectivity index (χ0) is 22.7. The van der Waals surface area contributed by atoms with Crippen molar-refractivity contribution in [2.45, 2.75) is 20.3 Å². The number of anilines is 2. The number of benzene rings is 2. The lowest BCUT2D eigenvalue weighted by Crippen LogP contribution is -2.13. The fourth-order valence-corrected chi connectivity index (χ4v) is 3.30. The van der Waals surface area contributed by atoms with Gasteiger partial charge in [-0.2, -0.15) is 0 Å². The maximum absolute atomic E-state index is 11.8. The Morgan fingerprint density at radius 3 is 2.50 bits per heavy atom. The molecule has 2 aromatic heterocycles. The van der Waals surface area contributed by atoms with Crippen LogP contribution in [0.25, 0.3) is 10.9 Å². The van der Waals surface area contributed by atoms with E-state index in [-0.39, 0.29) is 11.6 Å². The van der Waals surface area contributed by atoms with Crippen molar-refractivity contribution in [1.29, 1.82) is 0 Å². The number of ether oxygens (including phenoxy) is 2. The molecular formula is C24H23N5O3. The first kappa shape index (κ1) is 21.2. The van der Waals surface area contributed by atoms with Gasteiger partial charge in [0.15, 0.2) is 28.9 Å². The molecule has 0 amide bonds. The van der Waals surface area contributed by atoms with Gasteiger partial charge in [0.25, 0.3) is 0 Å². The fourth-order valence-electron chi connectivity index (χ4n) is 3.30. The fraction of sp³-hybridized carbons (Fsp3) is 0.208. The summed E-state index contributed by atoms with van der Waals surface area (Å²) in [6.07, 6.45) is 3.31. The van der Waals surface area contributed by atoms with Gasteiger partial charge < -0.3 is 14.4 Å². The van der Waals surface area contributed by atoms with Gasteiger partial charge in [-0.1, -0.05) is 19.1 Å². The third-order valence-electron chi connectivity index (χ3n) is 4.97. The zero-order valence-corrected chi connectivity index (χ0v) is 18.4. The van der Waals surface area contributed by atoms with Crippen molar-refractivity contribution < 1.29 is 14.3 Å². The predicted molar refractivity (Wildman–Crippen MR) is 122 cm³/mol. The smallest absolute Gasteiger partial charge is 0.199 e. The van der Waals surface area contributed by atoms with E-state index in [2.05, 4.69) is 19.9 Å². The third kappa shape index (κ3) is 4.20. The highest BCUT2D eigenvalue weighted by molar-refractivity contribution is 5.92. The summed E-state index contributed by atoms with van der Waals surface area (Å²) in [4.78, 5) is 31.1. The summed E-state index contributed by atoms with van der Waals surface area (Å²) < 4.78 is 11.4. The summed E-state index contributed by atoms with van der Waals surface area (Å²) in [5.74, 6) is 2.98. The van der Waals surface area contributed by atoms with Crippen LogP contribution in [0.1, 0.15) is 29.8 Å². The molecule has 0 aliphatic carbocycles. The van der Waals surface area contributed by atoms with E-state index in [4.69, 9.17) is 9.47 Å². The molecule has 0 spiro atoms. The predicted octanol–water partition coefficient (Wildman–Crippen LogP) is 4.89. The van der Waals surface area contributed by atoms with E-state index < -0.39 is 0 Å². The maximum atomic E-state index is 11.8. The average molecular weight is 429 g/mol. The zero-order valence-electron chi connectivity index (χ0n) is 18.4. The van der Waals surface area contributed by atoms with Crippen molar-refractivity contribution in [3.63, 3.8) is 0 Å². The maximum Gasteiger partial charge on any atom is 0.199 e. The molecule has 0 bridgehead atoms. The number of Topliss-reactive ketones (excluding diaryl/α,β-unsaturated/α-hetero) is 1. The molecule has 8 nitrogen and oxygen atoms in total. The largest absolute Gasteiger partial charge is 0.493 e. The summed E-state index contributed by atoms with van der Waals surface area (Å²) in [5.41, 5.74) is 1.73. The molecule has 0 N–H and O–H groups in total. The van der Waals surface area contributed by atoms with Crippen LogP contribution in [0, 0.1) is 6.92 Å². The lowest BCUT2D eigenvalue weighted by Gasteiger charge is -2.22. The highest BCUT2D eigenvalue weighted by Crippen LogP contribution is 2.37. The van der Waals surface area contributed by atoms with Gasteiger partial charge >= 0.3 is 0 Å². The Morgan fingerprint density at radius 1 is 1.03 bits per heavy atom. The van der Waals surface area contributed by atoms with Crippen molar-refractivity contribution in [2.75, 3.05) is 19.1 Å². The molecular weight excluding hydrogens is 406 g/mol. The average Bonchev–Trinajstić information content (AvgIpc) is 2.83. The van der Waals surface area contributed by atoms with Gasteiger partial charge in [-0.15, -0.1) is 0 Å². The van der Waals surface area contributed by atoms with Gasteiger partial charge in [0.2, 0.25) is 0 Å². The normalized spacial score (nSPS) is 10.8. The van der Waals surface area contributed by atoms with Gasteiger partial charge in [-0.05, 0) is 31.2 Å². The Hall–Kier alpha value is -4.07. The summed E-state index contributed by atoms with van der Waals surface area (Å²) in [6, 6.07) is 13.5. The van der Waals surface area contributed by atoms with Gasteiger partial charge in [0.05, 0.1) is 25.0 Å². The molecule has 0 radical (unpaired) electrons. The van der Waals surface area contributed by atoms with Crippen molar-refractivity contribution in [3.05, 3.63) is 66.5 Å². The second kappa shape index (κ2) is 8.97. The molecule has 0 aliphatic rings. The molecule has 0 saturated carbocycles. The molecule has 2 heterocycles. The van der Waals surface area contributed by atoms with E-state index in [1.807, 2.05) is 61.3 Å². The summed E-state index contributed by atoms with van der Waals surface area (Å²) in [5, 5.41) is 0.948. The number of carbonyl (C=O) groups excluding carboxylic acids is 1. The minimum Gasteiger partial charge on any atom is -0.493 e. The Kier molecular flexibility index (Phi) is 5.93. The highest BCUT2D eigenvalue weighted by atomic mass is 16.5. The summed E-state index contributed by atoms with van der Waals surface area (Å²) in [7, 11) is 3.51. The topological polar surface area (TPSA) is 90.3 Å². The third-order valence-corrected chi connectivity index (χ3v) is 4.97. The van der Waals surface area contributed by atoms with Crippen LogP contribution in [0.3, 0.4) is 0 Å². The Morgan fingerprint density at radius 2 is 1.78 bits per heavy atom. The van der Waals surface area contributed by atoms with Crippen LogP contribution < -0.4 is 14.4 Å². The number of rotatable bonds is 7. The number of carbonyl (C=O) groups is 1. The number of ketones is 1. The summed E-state index contributed by atoms with van der Waals surface area (Å²) >= 11 is 0. The monoisotopic (exact) mass is 429 g/mol. The molecule has 4 aromatic rings. The van der Waals surface area contributed by atoms with E-state index in [1.165, 1.54) is 12.4 Å². The quantitative estimate of drug-likeness (QED) is 0.384. The van der Waals surface area contributed by atoms with Gasteiger partial charge in [-0.3, -0.25) is 4.79 Å². The first-order valence-electron chi connectivity index (χ1n) is 10.2. The van der Waals surface area contributed by atoms with E-state index in [0.717, 1.165) is 22.4 Å². The van der Waals surface area contributed by atoms with E-state index in [1.54, 1.807) is 14.0 Å². The molecule has 0 unspecified atom stereocenters.